The molecule has 1 aromatic heterocycles. The molecule has 8 heteroatoms. The first kappa shape index (κ1) is 24.6. The van der Waals surface area contributed by atoms with Crippen LogP contribution in [-0.2, 0) is 9.59 Å². The number of thiazole rings is 1. The first-order chi connectivity index (χ1) is 16.0. The quantitative estimate of drug-likeness (QED) is 0.464. The first-order valence-corrected chi connectivity index (χ1v) is 13.9. The monoisotopic (exact) mass is 580 g/mol. The maximum Gasteiger partial charge on any atom is 0.246 e. The van der Waals surface area contributed by atoms with Crippen LogP contribution >= 0.6 is 33.9 Å². The Morgan fingerprint density at radius 2 is 1.97 bits per heavy atom. The summed E-state index contributed by atoms with van der Waals surface area (Å²) >= 11 is 3.95. The number of nitrogens with one attached hydrogen (secondary N) is 2. The van der Waals surface area contributed by atoms with Crippen LogP contribution in [0.3, 0.4) is 0 Å². The second-order valence-corrected chi connectivity index (χ2v) is 11.3. The van der Waals surface area contributed by atoms with Crippen LogP contribution in [0.2, 0.25) is 0 Å². The predicted molar refractivity (Wildman–Crippen MR) is 141 cm³/mol. The summed E-state index contributed by atoms with van der Waals surface area (Å²) in [6.07, 6.45) is 7.34. The van der Waals surface area contributed by atoms with Gasteiger partial charge in [-0.25, -0.2) is 4.98 Å². The van der Waals surface area contributed by atoms with E-state index in [1.807, 2.05) is 17.9 Å². The molecular formula is C25H33IN4O2S. The summed E-state index contributed by atoms with van der Waals surface area (Å²) < 4.78 is 1.18. The van der Waals surface area contributed by atoms with Crippen molar-refractivity contribution in [1.82, 2.24) is 20.5 Å². The Morgan fingerprint density at radius 3 is 2.70 bits per heavy atom. The van der Waals surface area contributed by atoms with Gasteiger partial charge in [0.25, 0.3) is 0 Å². The maximum atomic E-state index is 13.9. The Hall–Kier alpha value is -1.52. The van der Waals surface area contributed by atoms with E-state index in [0.29, 0.717) is 0 Å². The molecule has 0 spiro atoms. The van der Waals surface area contributed by atoms with Gasteiger partial charge in [0.2, 0.25) is 11.8 Å². The molecule has 33 heavy (non-hydrogen) atoms. The van der Waals surface area contributed by atoms with Crippen LogP contribution in [0.15, 0.2) is 29.6 Å². The van der Waals surface area contributed by atoms with E-state index in [0.717, 1.165) is 61.3 Å². The number of carbonyl (C=O) groups is 2. The van der Waals surface area contributed by atoms with Gasteiger partial charge in [-0.1, -0.05) is 31.4 Å². The zero-order valence-electron chi connectivity index (χ0n) is 19.4. The first-order valence-electron chi connectivity index (χ1n) is 12.0. The normalized spacial score (nSPS) is 21.1. The molecular weight excluding hydrogens is 547 g/mol. The smallest absolute Gasteiger partial charge is 0.246 e. The number of amides is 2. The van der Waals surface area contributed by atoms with Crippen molar-refractivity contribution in [3.05, 3.63) is 38.2 Å². The third-order valence-electron chi connectivity index (χ3n) is 6.97. The predicted octanol–water partition coefficient (Wildman–Crippen LogP) is 4.75. The number of hydrogen-bond acceptors (Lipinski definition) is 5. The van der Waals surface area contributed by atoms with Crippen molar-refractivity contribution in [2.24, 2.45) is 5.92 Å². The summed E-state index contributed by atoms with van der Waals surface area (Å²) in [4.78, 5) is 33.5. The number of benzene rings is 1. The van der Waals surface area contributed by atoms with E-state index in [9.17, 15) is 9.59 Å². The number of aromatic nitrogens is 1. The van der Waals surface area contributed by atoms with Gasteiger partial charge >= 0.3 is 0 Å². The van der Waals surface area contributed by atoms with Crippen LogP contribution in [0.4, 0.5) is 0 Å². The Bertz CT molecular complexity index is 975. The number of rotatable bonds is 7. The molecule has 178 valence electrons. The average molecular weight is 581 g/mol. The van der Waals surface area contributed by atoms with Crippen molar-refractivity contribution < 1.29 is 9.59 Å². The highest BCUT2D eigenvalue weighted by Crippen LogP contribution is 2.37. The minimum Gasteiger partial charge on any atom is -0.343 e. The molecule has 2 N–H and O–H groups in total. The molecule has 1 aliphatic heterocycles. The molecule has 1 saturated carbocycles. The second kappa shape index (κ2) is 11.3. The summed E-state index contributed by atoms with van der Waals surface area (Å²) in [6.45, 7) is 2.56. The van der Waals surface area contributed by atoms with Crippen LogP contribution < -0.4 is 10.6 Å². The molecule has 1 aliphatic carbocycles. The van der Waals surface area contributed by atoms with Crippen LogP contribution in [0.5, 0.6) is 0 Å². The average Bonchev–Trinajstić information content (AvgIpc) is 3.51. The molecule has 6 nitrogen and oxygen atoms in total. The van der Waals surface area contributed by atoms with Crippen LogP contribution in [0, 0.1) is 9.49 Å². The van der Waals surface area contributed by atoms with E-state index in [2.05, 4.69) is 56.8 Å². The fourth-order valence-corrected chi connectivity index (χ4v) is 6.46. The molecule has 0 radical (unpaired) electrons. The minimum atomic E-state index is -0.454. The van der Waals surface area contributed by atoms with Crippen molar-refractivity contribution in [2.75, 3.05) is 13.6 Å². The number of likely N-dealkylation sites (tertiary alicyclic amines) is 1. The van der Waals surface area contributed by atoms with Gasteiger partial charge in [0.1, 0.15) is 11.0 Å². The summed E-state index contributed by atoms with van der Waals surface area (Å²) in [5.74, 6) is 0.165. The molecule has 2 amide bonds. The van der Waals surface area contributed by atoms with Gasteiger partial charge in [0, 0.05) is 21.1 Å². The van der Waals surface area contributed by atoms with Gasteiger partial charge in [-0.3, -0.25) is 9.59 Å². The largest absolute Gasteiger partial charge is 0.343 e. The number of hydrogen-bond donors (Lipinski definition) is 2. The van der Waals surface area contributed by atoms with Crippen LogP contribution in [-0.4, -0.2) is 47.4 Å². The van der Waals surface area contributed by atoms with Crippen LogP contribution in [0.25, 0.3) is 11.3 Å². The molecule has 1 aromatic carbocycles. The lowest BCUT2D eigenvalue weighted by Crippen LogP contribution is -2.55. The molecule has 1 saturated heterocycles. The summed E-state index contributed by atoms with van der Waals surface area (Å²) in [6, 6.07) is 7.54. The summed E-state index contributed by atoms with van der Waals surface area (Å²) in [7, 11) is 1.77. The molecule has 2 aromatic rings. The molecule has 2 fully saturated rings. The Kier molecular flexibility index (Phi) is 8.40. The molecule has 3 atom stereocenters. The van der Waals surface area contributed by atoms with E-state index < -0.39 is 6.04 Å². The van der Waals surface area contributed by atoms with Gasteiger partial charge in [-0.05, 0) is 80.3 Å². The number of nitrogens with zero attached hydrogens (tertiary/aromatic N) is 2. The number of halogens is 1. The van der Waals surface area contributed by atoms with E-state index in [-0.39, 0.29) is 29.8 Å². The van der Waals surface area contributed by atoms with Crippen molar-refractivity contribution in [1.29, 1.82) is 0 Å². The second-order valence-electron chi connectivity index (χ2n) is 9.17. The zero-order chi connectivity index (χ0) is 23.4. The van der Waals surface area contributed by atoms with E-state index >= 15 is 0 Å². The van der Waals surface area contributed by atoms with E-state index in [1.54, 1.807) is 18.4 Å². The van der Waals surface area contributed by atoms with E-state index in [1.165, 1.54) is 9.99 Å². The molecule has 2 heterocycles. The Balaban J connectivity index is 1.55. The fraction of sp³-hybridized carbons (Fsp3) is 0.560. The minimum absolute atomic E-state index is 0.0104. The van der Waals surface area contributed by atoms with Gasteiger partial charge in [-0.15, -0.1) is 11.3 Å². The van der Waals surface area contributed by atoms with Crippen molar-refractivity contribution in [3.63, 3.8) is 0 Å². The molecule has 2 aliphatic rings. The highest BCUT2D eigenvalue weighted by Gasteiger charge is 2.40. The molecule has 4 rings (SSSR count). The third-order valence-corrected chi connectivity index (χ3v) is 8.59. The van der Waals surface area contributed by atoms with E-state index in [4.69, 9.17) is 4.98 Å². The lowest BCUT2D eigenvalue weighted by molar-refractivity contribution is -0.139. The Morgan fingerprint density at radius 1 is 1.18 bits per heavy atom. The molecule has 0 unspecified atom stereocenters. The summed E-state index contributed by atoms with van der Waals surface area (Å²) in [5.41, 5.74) is 2.07. The summed E-state index contributed by atoms with van der Waals surface area (Å²) in [5, 5.41) is 9.19. The fourth-order valence-electron chi connectivity index (χ4n) is 4.95. The SMILES string of the molecule is CN[C@@H](C)C(=O)N[C@H](C(=O)N1CCC[C@H]1c1nc(-c2cccc(I)c2)cs1)C1CCCCC1. The lowest BCUT2D eigenvalue weighted by Gasteiger charge is -2.35. The van der Waals surface area contributed by atoms with Gasteiger partial charge in [0.15, 0.2) is 0 Å². The zero-order valence-corrected chi connectivity index (χ0v) is 22.3. The Labute approximate surface area is 214 Å². The van der Waals surface area contributed by atoms with Crippen LogP contribution in [0.1, 0.15) is 62.9 Å². The highest BCUT2D eigenvalue weighted by molar-refractivity contribution is 14.1. The van der Waals surface area contributed by atoms with Gasteiger partial charge in [-0.2, -0.15) is 0 Å². The topological polar surface area (TPSA) is 74.3 Å². The van der Waals surface area contributed by atoms with Crippen molar-refractivity contribution >= 4 is 45.7 Å². The maximum absolute atomic E-state index is 13.9. The third kappa shape index (κ3) is 5.77. The highest BCUT2D eigenvalue weighted by atomic mass is 127. The number of carbonyl (C=O) groups excluding carboxylic acids is 2. The van der Waals surface area contributed by atoms with Gasteiger partial charge in [0.05, 0.1) is 17.8 Å². The van der Waals surface area contributed by atoms with Crippen molar-refractivity contribution in [3.8, 4) is 11.3 Å². The van der Waals surface area contributed by atoms with Crippen molar-refractivity contribution in [2.45, 2.75) is 70.0 Å². The standard InChI is InChI=1S/C25H33IN4O2S/c1-16(27-2)23(31)29-22(17-8-4-3-5-9-17)25(32)30-13-7-12-21(30)24-28-20(15-33-24)18-10-6-11-19(26)14-18/h6,10-11,14-17,21-22,27H,3-5,7-9,12-13H2,1-2H3,(H,29,31)/t16-,21-,22-/m0/s1. The molecule has 0 bridgehead atoms. The number of likely N-dealkylation sites (N-methyl/N-ethyl adjacent to an activating group) is 1. The lowest BCUT2D eigenvalue weighted by atomic mass is 9.83. The van der Waals surface area contributed by atoms with Gasteiger partial charge < -0.3 is 15.5 Å².